The van der Waals surface area contributed by atoms with Gasteiger partial charge in [-0.25, -0.2) is 9.98 Å². The van der Waals surface area contributed by atoms with Crippen LogP contribution in [-0.4, -0.2) is 16.2 Å². The monoisotopic (exact) mass is 792 g/mol. The predicted molar refractivity (Wildman–Crippen MR) is 258 cm³/mol. The van der Waals surface area contributed by atoms with Crippen molar-refractivity contribution in [2.75, 3.05) is 0 Å². The second-order valence-corrected chi connectivity index (χ2v) is 16.2. The molecule has 1 atom stereocenters. The van der Waals surface area contributed by atoms with Gasteiger partial charge in [0, 0.05) is 38.2 Å². The van der Waals surface area contributed by atoms with Gasteiger partial charge >= 0.3 is 0 Å². The molecule has 0 radical (unpaired) electrons. The number of nitrogens with zero attached hydrogens (tertiary/aromatic N) is 3. The molecule has 1 aliphatic rings. The van der Waals surface area contributed by atoms with E-state index in [2.05, 4.69) is 204 Å². The molecule has 10 aromatic carbocycles. The van der Waals surface area contributed by atoms with E-state index in [0.717, 1.165) is 72.1 Å². The Labute approximate surface area is 356 Å². The lowest BCUT2D eigenvalue weighted by atomic mass is 10.0. The van der Waals surface area contributed by atoms with Gasteiger partial charge in [-0.2, -0.15) is 0 Å². The van der Waals surface area contributed by atoms with E-state index in [4.69, 9.17) is 14.4 Å². The van der Waals surface area contributed by atoms with Crippen LogP contribution >= 0.6 is 0 Å². The van der Waals surface area contributed by atoms with E-state index in [1.54, 1.807) is 0 Å². The molecule has 1 unspecified atom stereocenters. The summed E-state index contributed by atoms with van der Waals surface area (Å²) in [4.78, 5) is 10.9. The van der Waals surface area contributed by atoms with Crippen LogP contribution in [0, 0.1) is 0 Å². The second kappa shape index (κ2) is 13.6. The SMILES string of the molecule is c1ccc(-c2ccc(C3=NC(c4cc(-n5c6cc7ccccc7cc6c6c7ccccc7ccc65)c5oc6ccccc6c5c4)=NC(c4cccc5ccccc45)N3)cc2)cc1. The molecule has 0 saturated heterocycles. The van der Waals surface area contributed by atoms with Crippen LogP contribution in [0.5, 0.6) is 0 Å². The molecule has 0 amide bonds. The highest BCUT2D eigenvalue weighted by Gasteiger charge is 2.26. The zero-order chi connectivity index (χ0) is 40.7. The third-order valence-electron chi connectivity index (χ3n) is 12.6. The summed E-state index contributed by atoms with van der Waals surface area (Å²) in [6.45, 7) is 0. The molecule has 290 valence electrons. The molecule has 3 heterocycles. The highest BCUT2D eigenvalue weighted by molar-refractivity contribution is 6.24. The summed E-state index contributed by atoms with van der Waals surface area (Å²) < 4.78 is 9.29. The highest BCUT2D eigenvalue weighted by Crippen LogP contribution is 2.43. The lowest BCUT2D eigenvalue weighted by Gasteiger charge is -2.25. The summed E-state index contributed by atoms with van der Waals surface area (Å²) in [5.41, 5.74) is 10.1. The zero-order valence-corrected chi connectivity index (χ0v) is 33.5. The number of para-hydroxylation sites is 1. The molecule has 0 bridgehead atoms. The molecule has 12 aromatic rings. The van der Waals surface area contributed by atoms with Crippen molar-refractivity contribution in [3.63, 3.8) is 0 Å². The normalized spacial score (nSPS) is 14.3. The quantitative estimate of drug-likeness (QED) is 0.189. The van der Waals surface area contributed by atoms with Crippen molar-refractivity contribution in [3.05, 3.63) is 223 Å². The number of rotatable bonds is 5. The Morgan fingerprint density at radius 2 is 1.08 bits per heavy atom. The molecule has 62 heavy (non-hydrogen) atoms. The summed E-state index contributed by atoms with van der Waals surface area (Å²) in [6.07, 6.45) is -0.399. The third kappa shape index (κ3) is 5.42. The van der Waals surface area contributed by atoms with E-state index in [0.29, 0.717) is 5.84 Å². The third-order valence-corrected chi connectivity index (χ3v) is 12.6. The molecule has 2 aromatic heterocycles. The first-order valence-electron chi connectivity index (χ1n) is 21.1. The minimum Gasteiger partial charge on any atom is -0.454 e. The van der Waals surface area contributed by atoms with Crippen molar-refractivity contribution in [2.24, 2.45) is 9.98 Å². The molecule has 5 heteroatoms. The summed E-state index contributed by atoms with van der Waals surface area (Å²) >= 11 is 0. The number of furan rings is 1. The first kappa shape index (κ1) is 34.6. The molecule has 1 aliphatic heterocycles. The zero-order valence-electron chi connectivity index (χ0n) is 33.5. The predicted octanol–water partition coefficient (Wildman–Crippen LogP) is 14.3. The second-order valence-electron chi connectivity index (χ2n) is 16.2. The summed E-state index contributed by atoms with van der Waals surface area (Å²) in [6, 6.07) is 73.4. The molecule has 13 rings (SSSR count). The van der Waals surface area contributed by atoms with Gasteiger partial charge < -0.3 is 14.3 Å². The minimum atomic E-state index is -0.399. The van der Waals surface area contributed by atoms with Crippen LogP contribution in [0.25, 0.3) is 92.9 Å². The Hall–Kier alpha value is -8.28. The molecule has 0 aliphatic carbocycles. The number of hydrogen-bond acceptors (Lipinski definition) is 4. The van der Waals surface area contributed by atoms with Crippen LogP contribution in [0.1, 0.15) is 22.9 Å². The summed E-state index contributed by atoms with van der Waals surface area (Å²) in [7, 11) is 0. The van der Waals surface area contributed by atoms with Gasteiger partial charge in [0.1, 0.15) is 17.6 Å². The highest BCUT2D eigenvalue weighted by atomic mass is 16.3. The topological polar surface area (TPSA) is 54.8 Å². The molecule has 0 fully saturated rings. The van der Waals surface area contributed by atoms with Crippen LogP contribution < -0.4 is 5.32 Å². The number of benzene rings is 10. The van der Waals surface area contributed by atoms with Gasteiger partial charge in [-0.05, 0) is 79.8 Å². The summed E-state index contributed by atoms with van der Waals surface area (Å²) in [5, 5.41) is 15.4. The van der Waals surface area contributed by atoms with Gasteiger partial charge in [0.2, 0.25) is 0 Å². The van der Waals surface area contributed by atoms with E-state index in [9.17, 15) is 0 Å². The van der Waals surface area contributed by atoms with Gasteiger partial charge in [0.05, 0.1) is 16.7 Å². The molecule has 5 nitrogen and oxygen atoms in total. The Balaban J connectivity index is 1.09. The number of nitrogens with one attached hydrogen (secondary N) is 1. The maximum Gasteiger partial charge on any atom is 0.159 e. The largest absolute Gasteiger partial charge is 0.454 e. The minimum absolute atomic E-state index is 0.399. The maximum absolute atomic E-state index is 6.89. The molecular weight excluding hydrogens is 757 g/mol. The fourth-order valence-electron chi connectivity index (χ4n) is 9.66. The van der Waals surface area contributed by atoms with Crippen molar-refractivity contribution in [1.29, 1.82) is 0 Å². The number of amidine groups is 2. The Morgan fingerprint density at radius 1 is 0.435 bits per heavy atom. The lowest BCUT2D eigenvalue weighted by Crippen LogP contribution is -2.33. The van der Waals surface area contributed by atoms with E-state index in [-0.39, 0.29) is 0 Å². The fraction of sp³-hybridized carbons (Fsp3) is 0.0175. The van der Waals surface area contributed by atoms with Crippen LogP contribution in [-0.2, 0) is 0 Å². The van der Waals surface area contributed by atoms with Gasteiger partial charge in [-0.15, -0.1) is 0 Å². The maximum atomic E-state index is 6.89. The first-order valence-corrected chi connectivity index (χ1v) is 21.1. The van der Waals surface area contributed by atoms with Crippen molar-refractivity contribution >= 4 is 87.7 Å². The average molecular weight is 793 g/mol. The van der Waals surface area contributed by atoms with Crippen molar-refractivity contribution in [3.8, 4) is 16.8 Å². The van der Waals surface area contributed by atoms with Crippen LogP contribution in [0.3, 0.4) is 0 Å². The van der Waals surface area contributed by atoms with Crippen molar-refractivity contribution < 1.29 is 4.42 Å². The van der Waals surface area contributed by atoms with E-state index < -0.39 is 6.17 Å². The number of fused-ring (bicyclic) bond motifs is 10. The molecule has 0 spiro atoms. The Morgan fingerprint density at radius 3 is 1.90 bits per heavy atom. The van der Waals surface area contributed by atoms with Gasteiger partial charge in [-0.1, -0.05) is 170 Å². The van der Waals surface area contributed by atoms with Crippen LogP contribution in [0.15, 0.2) is 221 Å². The van der Waals surface area contributed by atoms with Gasteiger partial charge in [0.15, 0.2) is 11.4 Å². The first-order chi connectivity index (χ1) is 30.7. The van der Waals surface area contributed by atoms with E-state index in [1.165, 1.54) is 43.3 Å². The lowest BCUT2D eigenvalue weighted by molar-refractivity contribution is 0.666. The molecular formula is C57H36N4O. The van der Waals surface area contributed by atoms with Crippen molar-refractivity contribution in [2.45, 2.75) is 6.17 Å². The average Bonchev–Trinajstić information content (AvgIpc) is 3.88. The van der Waals surface area contributed by atoms with Crippen molar-refractivity contribution in [1.82, 2.24) is 9.88 Å². The Bertz CT molecular complexity index is 3830. The Kier molecular flexibility index (Phi) is 7.60. The van der Waals surface area contributed by atoms with Crippen LogP contribution in [0.2, 0.25) is 0 Å². The number of aromatic nitrogens is 1. The van der Waals surface area contributed by atoms with E-state index in [1.807, 2.05) is 12.1 Å². The molecule has 0 saturated carbocycles. The van der Waals surface area contributed by atoms with Gasteiger partial charge in [-0.3, -0.25) is 0 Å². The number of hydrogen-bond donors (Lipinski definition) is 1. The van der Waals surface area contributed by atoms with Crippen LogP contribution in [0.4, 0.5) is 0 Å². The summed E-state index contributed by atoms with van der Waals surface area (Å²) in [5.74, 6) is 1.41. The number of aliphatic imine (C=N–C) groups is 2. The van der Waals surface area contributed by atoms with E-state index >= 15 is 0 Å². The fourth-order valence-corrected chi connectivity index (χ4v) is 9.66. The smallest absolute Gasteiger partial charge is 0.159 e. The van der Waals surface area contributed by atoms with Gasteiger partial charge in [0.25, 0.3) is 0 Å². The standard InChI is InChI=1S/C57H36N4O/c1-2-13-35(14-3-1)36-25-27-39(28-26-36)55-58-56(60-57(59-55)46-23-12-19-37-15-6-8-20-43(37)46)42-32-47-45-22-10-11-24-52(45)62-54(47)51(34-42)61-49-30-29-38-16-7-9-21-44(38)53(49)48-31-40-17-4-5-18-41(40)33-50(48)61/h1-34,57H,(H,58,59,60). The molecule has 1 N–H and O–H groups in total.